The normalized spacial score (nSPS) is 15.1. The van der Waals surface area contributed by atoms with Crippen molar-refractivity contribution in [3.05, 3.63) is 92.2 Å². The smallest absolute Gasteiger partial charge is 0.295 e. The fraction of sp³-hybridized carbons (Fsp3) is 0.120. The summed E-state index contributed by atoms with van der Waals surface area (Å²) >= 11 is 3.39. The maximum absolute atomic E-state index is 13.6. The Labute approximate surface area is 196 Å². The van der Waals surface area contributed by atoms with Crippen molar-refractivity contribution in [3.63, 3.8) is 0 Å². The Morgan fingerprint density at radius 1 is 0.970 bits per heavy atom. The van der Waals surface area contributed by atoms with Gasteiger partial charge in [0.1, 0.15) is 11.3 Å². The Hall–Kier alpha value is -3.78. The van der Waals surface area contributed by atoms with E-state index in [4.69, 9.17) is 13.9 Å². The molecule has 8 heteroatoms. The van der Waals surface area contributed by atoms with E-state index in [1.54, 1.807) is 61.7 Å². The average molecular weight is 508 g/mol. The summed E-state index contributed by atoms with van der Waals surface area (Å²) < 4.78 is 17.2. The number of carbonyl (C=O) groups is 1. The number of halogens is 1. The minimum Gasteiger partial charge on any atom is -0.504 e. The molecule has 4 aromatic rings. The standard InChI is InChI=1S/C25H18BrNO6/c1-31-16-7-5-15(6-8-16)27-22(13-3-9-18(28)20(11-13)32-2)21-23(29)17-12-14(26)4-10-19(17)33-24(21)25(27)30/h3-12,22,28H,1-2H3. The number of fused-ring (bicyclic) bond motifs is 2. The molecule has 2 heterocycles. The summed E-state index contributed by atoms with van der Waals surface area (Å²) in [6, 6.07) is 16.0. The molecule has 5 rings (SSSR count). The van der Waals surface area contributed by atoms with Crippen LogP contribution >= 0.6 is 15.9 Å². The Balaban J connectivity index is 1.80. The average Bonchev–Trinajstić information content (AvgIpc) is 3.12. The fourth-order valence-corrected chi connectivity index (χ4v) is 4.50. The third-order valence-corrected chi connectivity index (χ3v) is 6.20. The van der Waals surface area contributed by atoms with E-state index in [0.717, 1.165) is 4.47 Å². The SMILES string of the molecule is COc1ccc(N2C(=O)c3oc4ccc(Br)cc4c(=O)c3C2c2ccc(O)c(OC)c2)cc1. The number of carbonyl (C=O) groups excluding carboxylic acids is 1. The van der Waals surface area contributed by atoms with Crippen molar-refractivity contribution >= 4 is 38.5 Å². The van der Waals surface area contributed by atoms with Gasteiger partial charge in [0.2, 0.25) is 5.76 Å². The number of ether oxygens (including phenoxy) is 2. The number of methoxy groups -OCH3 is 2. The van der Waals surface area contributed by atoms with Gasteiger partial charge in [0, 0.05) is 10.2 Å². The van der Waals surface area contributed by atoms with Crippen LogP contribution in [0.4, 0.5) is 5.69 Å². The largest absolute Gasteiger partial charge is 0.504 e. The van der Waals surface area contributed by atoms with E-state index in [-0.39, 0.29) is 28.3 Å². The van der Waals surface area contributed by atoms with Gasteiger partial charge >= 0.3 is 0 Å². The molecule has 0 saturated heterocycles. The van der Waals surface area contributed by atoms with Gasteiger partial charge in [0.05, 0.1) is 31.2 Å². The van der Waals surface area contributed by atoms with E-state index in [9.17, 15) is 14.7 Å². The van der Waals surface area contributed by atoms with E-state index in [1.165, 1.54) is 18.1 Å². The lowest BCUT2D eigenvalue weighted by Crippen LogP contribution is -2.29. The first-order valence-electron chi connectivity index (χ1n) is 10.0. The van der Waals surface area contributed by atoms with Crippen LogP contribution in [0.2, 0.25) is 0 Å². The number of rotatable bonds is 4. The van der Waals surface area contributed by atoms with Crippen LogP contribution < -0.4 is 19.8 Å². The summed E-state index contributed by atoms with van der Waals surface area (Å²) in [4.78, 5) is 28.7. The summed E-state index contributed by atoms with van der Waals surface area (Å²) in [5, 5.41) is 10.5. The number of nitrogens with zero attached hydrogens (tertiary/aromatic N) is 1. The highest BCUT2D eigenvalue weighted by Crippen LogP contribution is 2.43. The number of amides is 1. The van der Waals surface area contributed by atoms with Gasteiger partial charge in [0.15, 0.2) is 16.9 Å². The molecule has 3 aromatic carbocycles. The summed E-state index contributed by atoms with van der Waals surface area (Å²) in [5.41, 5.74) is 1.42. The Morgan fingerprint density at radius 2 is 1.73 bits per heavy atom. The van der Waals surface area contributed by atoms with Crippen molar-refractivity contribution in [2.45, 2.75) is 6.04 Å². The van der Waals surface area contributed by atoms with Crippen molar-refractivity contribution in [1.29, 1.82) is 0 Å². The number of aromatic hydroxyl groups is 1. The van der Waals surface area contributed by atoms with Crippen LogP contribution in [0.1, 0.15) is 27.7 Å². The van der Waals surface area contributed by atoms with Crippen LogP contribution in [-0.4, -0.2) is 25.2 Å². The molecule has 1 atom stereocenters. The molecule has 1 unspecified atom stereocenters. The molecule has 0 spiro atoms. The van der Waals surface area contributed by atoms with Crippen LogP contribution in [-0.2, 0) is 0 Å². The molecule has 0 saturated carbocycles. The molecule has 0 aliphatic carbocycles. The lowest BCUT2D eigenvalue weighted by molar-refractivity contribution is 0.0971. The van der Waals surface area contributed by atoms with E-state index in [0.29, 0.717) is 28.0 Å². The number of anilines is 1. The second-order valence-corrected chi connectivity index (χ2v) is 8.44. The second kappa shape index (κ2) is 7.97. The van der Waals surface area contributed by atoms with Gasteiger partial charge in [-0.25, -0.2) is 0 Å². The molecule has 0 fully saturated rings. The third-order valence-electron chi connectivity index (χ3n) is 5.70. The molecule has 33 heavy (non-hydrogen) atoms. The van der Waals surface area contributed by atoms with Gasteiger partial charge in [-0.15, -0.1) is 0 Å². The first-order valence-corrected chi connectivity index (χ1v) is 10.8. The highest BCUT2D eigenvalue weighted by atomic mass is 79.9. The zero-order valence-electron chi connectivity index (χ0n) is 17.7. The molecule has 1 aliphatic heterocycles. The number of phenols is 1. The fourth-order valence-electron chi connectivity index (χ4n) is 4.13. The predicted molar refractivity (Wildman–Crippen MR) is 126 cm³/mol. The summed E-state index contributed by atoms with van der Waals surface area (Å²) in [6.07, 6.45) is 0. The number of hydrogen-bond donors (Lipinski definition) is 1. The first kappa shape index (κ1) is 21.1. The maximum Gasteiger partial charge on any atom is 0.295 e. The van der Waals surface area contributed by atoms with Gasteiger partial charge in [-0.1, -0.05) is 22.0 Å². The van der Waals surface area contributed by atoms with Crippen molar-refractivity contribution in [1.82, 2.24) is 0 Å². The molecule has 0 bridgehead atoms. The molecule has 166 valence electrons. The molecular weight excluding hydrogens is 490 g/mol. The Morgan fingerprint density at radius 3 is 2.42 bits per heavy atom. The van der Waals surface area contributed by atoms with Crippen LogP contribution in [0.5, 0.6) is 17.2 Å². The van der Waals surface area contributed by atoms with Crippen LogP contribution in [0.3, 0.4) is 0 Å². The molecule has 1 amide bonds. The van der Waals surface area contributed by atoms with Crippen molar-refractivity contribution in [2.75, 3.05) is 19.1 Å². The third kappa shape index (κ3) is 3.34. The van der Waals surface area contributed by atoms with Crippen molar-refractivity contribution < 1.29 is 23.8 Å². The van der Waals surface area contributed by atoms with E-state index >= 15 is 0 Å². The second-order valence-electron chi connectivity index (χ2n) is 7.52. The monoisotopic (exact) mass is 507 g/mol. The summed E-state index contributed by atoms with van der Waals surface area (Å²) in [7, 11) is 3.00. The molecule has 0 radical (unpaired) electrons. The van der Waals surface area contributed by atoms with E-state index < -0.39 is 11.9 Å². The minimum absolute atomic E-state index is 0.0114. The van der Waals surface area contributed by atoms with Crippen LogP contribution in [0, 0.1) is 0 Å². The lowest BCUT2D eigenvalue weighted by Gasteiger charge is -2.25. The first-order chi connectivity index (χ1) is 15.9. The molecule has 7 nitrogen and oxygen atoms in total. The maximum atomic E-state index is 13.6. The molecular formula is C25H18BrNO6. The van der Waals surface area contributed by atoms with Gasteiger partial charge in [-0.3, -0.25) is 14.5 Å². The molecule has 1 aliphatic rings. The van der Waals surface area contributed by atoms with Gasteiger partial charge < -0.3 is 19.0 Å². The van der Waals surface area contributed by atoms with Crippen LogP contribution in [0.25, 0.3) is 11.0 Å². The van der Waals surface area contributed by atoms with Crippen molar-refractivity contribution in [3.8, 4) is 17.2 Å². The minimum atomic E-state index is -0.782. The predicted octanol–water partition coefficient (Wildman–Crippen LogP) is 5.03. The summed E-state index contributed by atoms with van der Waals surface area (Å²) in [5.74, 6) is 0.375. The molecule has 1 N–H and O–H groups in total. The van der Waals surface area contributed by atoms with Gasteiger partial charge in [-0.2, -0.15) is 0 Å². The van der Waals surface area contributed by atoms with Crippen LogP contribution in [0.15, 0.2) is 74.3 Å². The Bertz CT molecular complexity index is 1460. The number of hydrogen-bond acceptors (Lipinski definition) is 6. The highest BCUT2D eigenvalue weighted by molar-refractivity contribution is 9.10. The quantitative estimate of drug-likeness (QED) is 0.416. The van der Waals surface area contributed by atoms with E-state index in [2.05, 4.69) is 15.9 Å². The summed E-state index contributed by atoms with van der Waals surface area (Å²) in [6.45, 7) is 0. The Kier molecular flexibility index (Phi) is 5.09. The van der Waals surface area contributed by atoms with Gasteiger partial charge in [0.25, 0.3) is 5.91 Å². The van der Waals surface area contributed by atoms with Gasteiger partial charge in [-0.05, 0) is 60.2 Å². The number of benzene rings is 3. The van der Waals surface area contributed by atoms with Crippen molar-refractivity contribution in [2.24, 2.45) is 0 Å². The lowest BCUT2D eigenvalue weighted by atomic mass is 9.97. The number of phenolic OH excluding ortho intramolecular Hbond substituents is 1. The van der Waals surface area contributed by atoms with E-state index in [1.807, 2.05) is 0 Å². The zero-order chi connectivity index (χ0) is 23.3. The molecule has 1 aromatic heterocycles. The highest BCUT2D eigenvalue weighted by Gasteiger charge is 2.44. The zero-order valence-corrected chi connectivity index (χ0v) is 19.3. The topological polar surface area (TPSA) is 89.2 Å².